The summed E-state index contributed by atoms with van der Waals surface area (Å²) in [5.41, 5.74) is 2.22. The minimum absolute atomic E-state index is 0.0919. The lowest BCUT2D eigenvalue weighted by Crippen LogP contribution is -2.47. The van der Waals surface area contributed by atoms with E-state index in [4.69, 9.17) is 0 Å². The van der Waals surface area contributed by atoms with Gasteiger partial charge < -0.3 is 10.2 Å². The molecule has 2 saturated carbocycles. The van der Waals surface area contributed by atoms with Crippen LogP contribution in [0.3, 0.4) is 0 Å². The molecule has 122 valence electrons. The maximum atomic E-state index is 14.2. The summed E-state index contributed by atoms with van der Waals surface area (Å²) in [6, 6.07) is 0. The Labute approximate surface area is 135 Å². The van der Waals surface area contributed by atoms with E-state index in [2.05, 4.69) is 26.0 Å². The van der Waals surface area contributed by atoms with Gasteiger partial charge in [-0.1, -0.05) is 37.1 Å². The van der Waals surface area contributed by atoms with Gasteiger partial charge in [-0.2, -0.15) is 0 Å². The molecule has 4 aliphatic rings. The van der Waals surface area contributed by atoms with E-state index in [9.17, 15) is 14.6 Å². The Morgan fingerprint density at radius 1 is 1.23 bits per heavy atom. The van der Waals surface area contributed by atoms with Crippen molar-refractivity contribution in [2.45, 2.75) is 57.2 Å². The average Bonchev–Trinajstić information content (AvgIpc) is 2.72. The molecule has 4 heteroatoms. The van der Waals surface area contributed by atoms with Gasteiger partial charge in [-0.25, -0.2) is 4.39 Å². The molecular formula is C18H25FO2S. The van der Waals surface area contributed by atoms with Crippen molar-refractivity contribution in [3.63, 3.8) is 0 Å². The molecule has 1 aliphatic heterocycles. The molecule has 7 atom stereocenters. The fourth-order valence-corrected chi connectivity index (χ4v) is 6.71. The fraction of sp³-hybridized carbons (Fsp3) is 0.778. The Kier molecular flexibility index (Phi) is 3.35. The highest BCUT2D eigenvalue weighted by Gasteiger charge is 2.59. The standard InChI is InChI=1S/C18H25FO2S/c1-17-6-5-12-11(13(17)8-14(19)16(17)21)4-3-10-7-15(20)22-9-18(10,12)2/h3-4,12-16,20-21H,5-9H2,1-2H3/t12-,13+,14?,15?,16?,17+,18+/m1/s1. The molecule has 3 unspecified atom stereocenters. The van der Waals surface area contributed by atoms with Gasteiger partial charge in [0.05, 0.1) is 6.10 Å². The van der Waals surface area contributed by atoms with Crippen LogP contribution in [0.25, 0.3) is 0 Å². The maximum Gasteiger partial charge on any atom is 0.127 e. The van der Waals surface area contributed by atoms with E-state index in [1.807, 2.05) is 0 Å². The number of thioether (sulfide) groups is 1. The van der Waals surface area contributed by atoms with Crippen LogP contribution in [0.2, 0.25) is 0 Å². The molecule has 1 heterocycles. The van der Waals surface area contributed by atoms with Crippen molar-refractivity contribution in [3.05, 3.63) is 23.3 Å². The molecule has 0 radical (unpaired) electrons. The topological polar surface area (TPSA) is 40.5 Å². The second-order valence-electron chi connectivity index (χ2n) is 8.09. The number of aliphatic hydroxyl groups is 2. The van der Waals surface area contributed by atoms with Gasteiger partial charge in [0.2, 0.25) is 0 Å². The first-order chi connectivity index (χ1) is 10.4. The van der Waals surface area contributed by atoms with Crippen LogP contribution in [-0.4, -0.2) is 33.7 Å². The third-order valence-electron chi connectivity index (χ3n) is 7.00. The Balaban J connectivity index is 1.74. The van der Waals surface area contributed by atoms with Gasteiger partial charge in [-0.05, 0) is 31.1 Å². The van der Waals surface area contributed by atoms with Gasteiger partial charge in [-0.3, -0.25) is 0 Å². The van der Waals surface area contributed by atoms with Crippen molar-refractivity contribution in [3.8, 4) is 0 Å². The van der Waals surface area contributed by atoms with Crippen LogP contribution in [0, 0.1) is 22.7 Å². The maximum absolute atomic E-state index is 14.2. The summed E-state index contributed by atoms with van der Waals surface area (Å²) in [6.07, 6.45) is 5.60. The molecule has 3 aliphatic carbocycles. The van der Waals surface area contributed by atoms with Gasteiger partial charge in [0.1, 0.15) is 11.6 Å². The molecule has 1 saturated heterocycles. The quantitative estimate of drug-likeness (QED) is 0.717. The SMILES string of the molecule is C[C@]12CSC(O)CC1=CC=C1[C@H]2CC[C@]2(C)C(O)C(F)C[C@@H]12. The van der Waals surface area contributed by atoms with Crippen molar-refractivity contribution >= 4 is 11.8 Å². The number of alkyl halides is 1. The van der Waals surface area contributed by atoms with Crippen LogP contribution in [0.5, 0.6) is 0 Å². The van der Waals surface area contributed by atoms with E-state index < -0.39 is 12.3 Å². The molecule has 2 N–H and O–H groups in total. The number of hydrogen-bond acceptors (Lipinski definition) is 3. The summed E-state index contributed by atoms with van der Waals surface area (Å²) in [4.78, 5) is 0. The van der Waals surface area contributed by atoms with E-state index in [1.165, 1.54) is 11.1 Å². The van der Waals surface area contributed by atoms with Crippen LogP contribution >= 0.6 is 11.8 Å². The second-order valence-corrected chi connectivity index (χ2v) is 9.26. The minimum atomic E-state index is -1.09. The molecule has 0 aromatic carbocycles. The van der Waals surface area contributed by atoms with Gasteiger partial charge in [0.25, 0.3) is 0 Å². The lowest BCUT2D eigenvalue weighted by atomic mass is 9.54. The van der Waals surface area contributed by atoms with Gasteiger partial charge in [0.15, 0.2) is 0 Å². The molecule has 4 rings (SSSR count). The first kappa shape index (κ1) is 15.2. The summed E-state index contributed by atoms with van der Waals surface area (Å²) < 4.78 is 14.2. The Morgan fingerprint density at radius 2 is 2.00 bits per heavy atom. The highest BCUT2D eigenvalue weighted by molar-refractivity contribution is 7.99. The Bertz CT molecular complexity index is 559. The Hall–Kier alpha value is -0.320. The lowest BCUT2D eigenvalue weighted by molar-refractivity contribution is -0.0129. The molecular weight excluding hydrogens is 299 g/mol. The normalized spacial score (nSPS) is 54.0. The summed E-state index contributed by atoms with van der Waals surface area (Å²) in [7, 11) is 0. The minimum Gasteiger partial charge on any atom is -0.390 e. The van der Waals surface area contributed by atoms with Crippen molar-refractivity contribution < 1.29 is 14.6 Å². The molecule has 0 aromatic rings. The molecule has 0 bridgehead atoms. The van der Waals surface area contributed by atoms with E-state index in [1.54, 1.807) is 11.8 Å². The van der Waals surface area contributed by atoms with E-state index in [0.29, 0.717) is 12.3 Å². The van der Waals surface area contributed by atoms with Crippen LogP contribution in [0.1, 0.15) is 39.5 Å². The van der Waals surface area contributed by atoms with Crippen molar-refractivity contribution in [2.24, 2.45) is 22.7 Å². The number of rotatable bonds is 0. The van der Waals surface area contributed by atoms with Crippen molar-refractivity contribution in [1.29, 1.82) is 0 Å². The van der Waals surface area contributed by atoms with E-state index in [0.717, 1.165) is 25.0 Å². The zero-order chi connectivity index (χ0) is 15.7. The third-order valence-corrected chi connectivity index (χ3v) is 8.32. The molecule has 3 fully saturated rings. The monoisotopic (exact) mass is 324 g/mol. The second kappa shape index (κ2) is 4.84. The van der Waals surface area contributed by atoms with E-state index in [-0.39, 0.29) is 22.2 Å². The first-order valence-electron chi connectivity index (χ1n) is 8.39. The fourth-order valence-electron chi connectivity index (χ4n) is 5.49. The summed E-state index contributed by atoms with van der Waals surface area (Å²) in [5.74, 6) is 1.55. The largest absolute Gasteiger partial charge is 0.390 e. The average molecular weight is 324 g/mol. The highest BCUT2D eigenvalue weighted by atomic mass is 32.2. The Morgan fingerprint density at radius 3 is 2.77 bits per heavy atom. The smallest absolute Gasteiger partial charge is 0.127 e. The van der Waals surface area contributed by atoms with Gasteiger partial charge in [0, 0.05) is 23.0 Å². The van der Waals surface area contributed by atoms with Crippen molar-refractivity contribution in [1.82, 2.24) is 0 Å². The number of fused-ring (bicyclic) bond motifs is 5. The summed E-state index contributed by atoms with van der Waals surface area (Å²) in [6.45, 7) is 4.39. The zero-order valence-electron chi connectivity index (χ0n) is 13.3. The number of aliphatic hydroxyl groups excluding tert-OH is 2. The van der Waals surface area contributed by atoms with Crippen LogP contribution in [-0.2, 0) is 0 Å². The number of halogens is 1. The predicted molar refractivity (Wildman–Crippen MR) is 87.2 cm³/mol. The molecule has 0 amide bonds. The molecule has 2 nitrogen and oxygen atoms in total. The van der Waals surface area contributed by atoms with E-state index >= 15 is 0 Å². The lowest BCUT2D eigenvalue weighted by Gasteiger charge is -2.53. The van der Waals surface area contributed by atoms with Gasteiger partial charge >= 0.3 is 0 Å². The van der Waals surface area contributed by atoms with Crippen LogP contribution in [0.15, 0.2) is 23.3 Å². The first-order valence-corrected chi connectivity index (χ1v) is 9.44. The molecule has 0 aromatic heterocycles. The predicted octanol–water partition coefficient (Wildman–Crippen LogP) is 3.45. The molecule has 22 heavy (non-hydrogen) atoms. The number of hydrogen-bond donors (Lipinski definition) is 2. The number of allylic oxidation sites excluding steroid dienone is 3. The third kappa shape index (κ3) is 1.87. The molecule has 0 spiro atoms. The van der Waals surface area contributed by atoms with Gasteiger partial charge in [-0.15, -0.1) is 11.8 Å². The zero-order valence-corrected chi connectivity index (χ0v) is 14.1. The van der Waals surface area contributed by atoms with Crippen molar-refractivity contribution in [2.75, 3.05) is 5.75 Å². The van der Waals surface area contributed by atoms with Crippen LogP contribution in [0.4, 0.5) is 4.39 Å². The van der Waals surface area contributed by atoms with Crippen LogP contribution < -0.4 is 0 Å². The highest BCUT2D eigenvalue weighted by Crippen LogP contribution is 2.63. The summed E-state index contributed by atoms with van der Waals surface area (Å²) >= 11 is 1.65. The summed E-state index contributed by atoms with van der Waals surface area (Å²) in [5, 5.41) is 20.3.